The van der Waals surface area contributed by atoms with E-state index in [2.05, 4.69) is 0 Å². The second kappa shape index (κ2) is 6.70. The third-order valence-corrected chi connectivity index (χ3v) is 3.64. The lowest BCUT2D eigenvalue weighted by molar-refractivity contribution is -0.140. The molecule has 0 spiro atoms. The molecule has 1 rings (SSSR count). The first-order valence-corrected chi connectivity index (χ1v) is 6.62. The normalized spacial score (nSPS) is 19.4. The van der Waals surface area contributed by atoms with Crippen molar-refractivity contribution in [3.05, 3.63) is 0 Å². The molecule has 0 saturated carbocycles. The molecule has 1 saturated heterocycles. The molecule has 2 amide bonds. The van der Waals surface area contributed by atoms with Crippen LogP contribution in [0, 0.1) is 0 Å². The summed E-state index contributed by atoms with van der Waals surface area (Å²) in [6.07, 6.45) is 0. The summed E-state index contributed by atoms with van der Waals surface area (Å²) < 4.78 is 4.93. The summed E-state index contributed by atoms with van der Waals surface area (Å²) in [5.41, 5.74) is 0. The highest BCUT2D eigenvalue weighted by molar-refractivity contribution is 7.99. The maximum Gasteiger partial charge on any atom is 0.327 e. The van der Waals surface area contributed by atoms with Gasteiger partial charge in [0.2, 0.25) is 0 Å². The molecule has 0 unspecified atom stereocenters. The zero-order valence-corrected chi connectivity index (χ0v) is 10.9. The number of methoxy groups -OCH3 is 1. The third kappa shape index (κ3) is 3.50. The van der Waals surface area contributed by atoms with Gasteiger partial charge in [-0.05, 0) is 6.92 Å². The van der Waals surface area contributed by atoms with E-state index in [1.165, 1.54) is 16.7 Å². The fourth-order valence-electron chi connectivity index (χ4n) is 1.61. The monoisotopic (exact) mass is 262 g/mol. The van der Waals surface area contributed by atoms with Gasteiger partial charge in [-0.25, -0.2) is 9.59 Å². The zero-order chi connectivity index (χ0) is 12.8. The summed E-state index contributed by atoms with van der Waals surface area (Å²) in [6.45, 7) is 3.36. The van der Waals surface area contributed by atoms with Crippen molar-refractivity contribution in [2.75, 3.05) is 38.4 Å². The van der Waals surface area contributed by atoms with Crippen LogP contribution >= 0.6 is 11.8 Å². The van der Waals surface area contributed by atoms with E-state index < -0.39 is 12.0 Å². The van der Waals surface area contributed by atoms with Gasteiger partial charge in [-0.1, -0.05) is 0 Å². The zero-order valence-electron chi connectivity index (χ0n) is 10.1. The molecule has 6 nitrogen and oxygen atoms in total. The van der Waals surface area contributed by atoms with Gasteiger partial charge in [-0.2, -0.15) is 0 Å². The standard InChI is InChI=1S/C10H18N2O4S/c1-3-11(4-5-16-2)10(15)12-7-17-6-8(12)9(13)14/h8H,3-7H2,1-2H3,(H,13,14)/t8-/m0/s1. The lowest BCUT2D eigenvalue weighted by Gasteiger charge is -2.28. The molecular formula is C10H18N2O4S. The van der Waals surface area contributed by atoms with Crippen molar-refractivity contribution in [3.8, 4) is 0 Å². The van der Waals surface area contributed by atoms with Crippen LogP contribution in [0.15, 0.2) is 0 Å². The first-order chi connectivity index (χ1) is 8.11. The molecular weight excluding hydrogens is 244 g/mol. The number of amides is 2. The van der Waals surface area contributed by atoms with Crippen molar-refractivity contribution in [2.45, 2.75) is 13.0 Å². The van der Waals surface area contributed by atoms with Gasteiger partial charge in [-0.3, -0.25) is 0 Å². The van der Waals surface area contributed by atoms with Gasteiger partial charge in [0.1, 0.15) is 6.04 Å². The van der Waals surface area contributed by atoms with Crippen LogP contribution in [-0.2, 0) is 9.53 Å². The number of carboxylic acid groups (broad SMARTS) is 1. The molecule has 1 N–H and O–H groups in total. The Morgan fingerprint density at radius 3 is 2.82 bits per heavy atom. The number of likely N-dealkylation sites (N-methyl/N-ethyl adjacent to an activating group) is 1. The predicted octanol–water partition coefficient (Wildman–Crippen LogP) is 0.534. The summed E-state index contributed by atoms with van der Waals surface area (Å²) in [5.74, 6) is -0.0338. The molecule has 0 bridgehead atoms. The molecule has 17 heavy (non-hydrogen) atoms. The van der Waals surface area contributed by atoms with E-state index in [-0.39, 0.29) is 6.03 Å². The molecule has 0 aromatic carbocycles. The van der Waals surface area contributed by atoms with E-state index in [1.54, 1.807) is 12.0 Å². The molecule has 7 heteroatoms. The Morgan fingerprint density at radius 2 is 2.29 bits per heavy atom. The number of urea groups is 1. The SMILES string of the molecule is CCN(CCOC)C(=O)N1CSC[C@H]1C(=O)O. The van der Waals surface area contributed by atoms with Gasteiger partial charge in [0.15, 0.2) is 0 Å². The number of ether oxygens (including phenoxy) is 1. The number of nitrogens with zero attached hydrogens (tertiary/aromatic N) is 2. The molecule has 1 aliphatic heterocycles. The van der Waals surface area contributed by atoms with Crippen LogP contribution in [0.2, 0.25) is 0 Å². The molecule has 0 aromatic heterocycles. The fourth-order valence-corrected chi connectivity index (χ4v) is 2.75. The Labute approximate surface area is 105 Å². The van der Waals surface area contributed by atoms with Crippen LogP contribution in [0.4, 0.5) is 4.79 Å². The first kappa shape index (κ1) is 14.1. The van der Waals surface area contributed by atoms with Crippen LogP contribution in [-0.4, -0.2) is 71.4 Å². The van der Waals surface area contributed by atoms with Gasteiger partial charge in [-0.15, -0.1) is 11.8 Å². The van der Waals surface area contributed by atoms with E-state index in [0.29, 0.717) is 31.3 Å². The van der Waals surface area contributed by atoms with Crippen LogP contribution < -0.4 is 0 Å². The Bertz CT molecular complexity index is 287. The molecule has 0 aliphatic carbocycles. The highest BCUT2D eigenvalue weighted by atomic mass is 32.2. The second-order valence-corrected chi connectivity index (χ2v) is 4.68. The second-order valence-electron chi connectivity index (χ2n) is 3.68. The van der Waals surface area contributed by atoms with E-state index >= 15 is 0 Å². The van der Waals surface area contributed by atoms with Crippen molar-refractivity contribution in [3.63, 3.8) is 0 Å². The Kier molecular flexibility index (Phi) is 5.57. The van der Waals surface area contributed by atoms with Crippen LogP contribution in [0.3, 0.4) is 0 Å². The summed E-state index contributed by atoms with van der Waals surface area (Å²) >= 11 is 1.47. The number of carbonyl (C=O) groups is 2. The third-order valence-electron chi connectivity index (χ3n) is 2.63. The molecule has 0 aromatic rings. The number of thioether (sulfide) groups is 1. The average molecular weight is 262 g/mol. The number of hydrogen-bond donors (Lipinski definition) is 1. The van der Waals surface area contributed by atoms with Gasteiger partial charge >= 0.3 is 12.0 Å². The van der Waals surface area contributed by atoms with E-state index in [9.17, 15) is 9.59 Å². The first-order valence-electron chi connectivity index (χ1n) is 5.46. The summed E-state index contributed by atoms with van der Waals surface area (Å²) in [7, 11) is 1.57. The molecule has 98 valence electrons. The smallest absolute Gasteiger partial charge is 0.327 e. The van der Waals surface area contributed by atoms with E-state index in [4.69, 9.17) is 9.84 Å². The number of rotatable bonds is 5. The number of aliphatic carboxylic acids is 1. The largest absolute Gasteiger partial charge is 0.480 e. The lowest BCUT2D eigenvalue weighted by Crippen LogP contribution is -2.49. The van der Waals surface area contributed by atoms with Gasteiger partial charge in [0, 0.05) is 26.0 Å². The van der Waals surface area contributed by atoms with Crippen molar-refractivity contribution in [2.24, 2.45) is 0 Å². The molecule has 1 fully saturated rings. The predicted molar refractivity (Wildman–Crippen MR) is 65.1 cm³/mol. The number of carboxylic acids is 1. The minimum atomic E-state index is -0.939. The molecule has 1 aliphatic rings. The van der Waals surface area contributed by atoms with Crippen LogP contribution in [0.25, 0.3) is 0 Å². The number of hydrogen-bond acceptors (Lipinski definition) is 4. The van der Waals surface area contributed by atoms with E-state index in [0.717, 1.165) is 0 Å². The average Bonchev–Trinajstić information content (AvgIpc) is 2.78. The fraction of sp³-hybridized carbons (Fsp3) is 0.800. The van der Waals surface area contributed by atoms with Crippen molar-refractivity contribution in [1.82, 2.24) is 9.80 Å². The summed E-state index contributed by atoms with van der Waals surface area (Å²) in [5, 5.41) is 9.01. The summed E-state index contributed by atoms with van der Waals surface area (Å²) in [6, 6.07) is -0.925. The van der Waals surface area contributed by atoms with Crippen molar-refractivity contribution >= 4 is 23.8 Å². The van der Waals surface area contributed by atoms with Crippen molar-refractivity contribution < 1.29 is 19.4 Å². The quantitative estimate of drug-likeness (QED) is 0.783. The van der Waals surface area contributed by atoms with Crippen LogP contribution in [0.5, 0.6) is 0 Å². The summed E-state index contributed by atoms with van der Waals surface area (Å²) in [4.78, 5) is 26.1. The highest BCUT2D eigenvalue weighted by Crippen LogP contribution is 2.22. The number of carbonyl (C=O) groups excluding carboxylic acids is 1. The molecule has 1 heterocycles. The maximum absolute atomic E-state index is 12.1. The minimum absolute atomic E-state index is 0.220. The Balaban J connectivity index is 2.63. The maximum atomic E-state index is 12.1. The topological polar surface area (TPSA) is 70.1 Å². The Morgan fingerprint density at radius 1 is 1.59 bits per heavy atom. The molecule has 1 atom stereocenters. The van der Waals surface area contributed by atoms with Gasteiger partial charge in [0.05, 0.1) is 12.5 Å². The van der Waals surface area contributed by atoms with Crippen molar-refractivity contribution in [1.29, 1.82) is 0 Å². The van der Waals surface area contributed by atoms with Gasteiger partial charge in [0.25, 0.3) is 0 Å². The van der Waals surface area contributed by atoms with Crippen LogP contribution in [0.1, 0.15) is 6.92 Å². The lowest BCUT2D eigenvalue weighted by atomic mass is 10.3. The highest BCUT2D eigenvalue weighted by Gasteiger charge is 2.36. The minimum Gasteiger partial charge on any atom is -0.480 e. The molecule has 0 radical (unpaired) electrons. The van der Waals surface area contributed by atoms with Gasteiger partial charge < -0.3 is 19.6 Å². The van der Waals surface area contributed by atoms with E-state index in [1.807, 2.05) is 6.92 Å². The Hall–Kier alpha value is -0.950.